The molecule has 2 aliphatic rings. The van der Waals surface area contributed by atoms with Crippen molar-refractivity contribution in [1.29, 1.82) is 0 Å². The standard InChI is InChI=1S/C16H23N3O2/c17-16(20)13-3-5-14(6-4-13)19-9-7-18(8-10-19)12-15-2-1-11-21-15/h3-6,15H,1-2,7-12H2,(H2,17,20)/t15-/m1/s1. The van der Waals surface area contributed by atoms with E-state index in [4.69, 9.17) is 10.5 Å². The molecule has 1 aromatic rings. The third-order valence-electron chi connectivity index (χ3n) is 4.38. The zero-order chi connectivity index (χ0) is 14.7. The van der Waals surface area contributed by atoms with Gasteiger partial charge in [0.25, 0.3) is 0 Å². The number of anilines is 1. The fraction of sp³-hybridized carbons (Fsp3) is 0.562. The number of rotatable bonds is 4. The van der Waals surface area contributed by atoms with Gasteiger partial charge in [-0.15, -0.1) is 0 Å². The van der Waals surface area contributed by atoms with E-state index in [-0.39, 0.29) is 5.91 Å². The molecule has 3 rings (SSSR count). The molecule has 1 amide bonds. The van der Waals surface area contributed by atoms with E-state index in [1.807, 2.05) is 12.1 Å². The average Bonchev–Trinajstić information content (AvgIpc) is 3.01. The number of carbonyl (C=O) groups excluding carboxylic acids is 1. The molecule has 5 heteroatoms. The van der Waals surface area contributed by atoms with Gasteiger partial charge in [-0.2, -0.15) is 0 Å². The topological polar surface area (TPSA) is 58.8 Å². The zero-order valence-electron chi connectivity index (χ0n) is 12.3. The summed E-state index contributed by atoms with van der Waals surface area (Å²) in [6.45, 7) is 6.16. The number of primary amides is 1. The van der Waals surface area contributed by atoms with E-state index in [1.165, 1.54) is 12.8 Å². The second-order valence-electron chi connectivity index (χ2n) is 5.83. The van der Waals surface area contributed by atoms with Gasteiger partial charge in [-0.3, -0.25) is 9.69 Å². The molecule has 2 heterocycles. The summed E-state index contributed by atoms with van der Waals surface area (Å²) in [5, 5.41) is 0. The fourth-order valence-corrected chi connectivity index (χ4v) is 3.10. The highest BCUT2D eigenvalue weighted by Gasteiger charge is 2.22. The van der Waals surface area contributed by atoms with Crippen LogP contribution < -0.4 is 10.6 Å². The third-order valence-corrected chi connectivity index (χ3v) is 4.38. The lowest BCUT2D eigenvalue weighted by atomic mass is 10.1. The molecule has 0 spiro atoms. The van der Waals surface area contributed by atoms with Gasteiger partial charge in [0.2, 0.25) is 5.91 Å². The Kier molecular flexibility index (Phi) is 4.41. The summed E-state index contributed by atoms with van der Waals surface area (Å²) in [4.78, 5) is 15.9. The summed E-state index contributed by atoms with van der Waals surface area (Å²) < 4.78 is 5.70. The van der Waals surface area contributed by atoms with Crippen LogP contribution in [0.4, 0.5) is 5.69 Å². The van der Waals surface area contributed by atoms with Crippen molar-refractivity contribution in [1.82, 2.24) is 4.90 Å². The first-order valence-corrected chi connectivity index (χ1v) is 7.71. The highest BCUT2D eigenvalue weighted by molar-refractivity contribution is 5.93. The molecule has 1 atom stereocenters. The van der Waals surface area contributed by atoms with Crippen molar-refractivity contribution in [2.75, 3.05) is 44.2 Å². The van der Waals surface area contributed by atoms with E-state index in [2.05, 4.69) is 9.80 Å². The number of piperazine rings is 1. The Morgan fingerprint density at radius 2 is 1.90 bits per heavy atom. The maximum absolute atomic E-state index is 11.1. The number of ether oxygens (including phenoxy) is 1. The Hall–Kier alpha value is -1.59. The summed E-state index contributed by atoms with van der Waals surface area (Å²) in [5.74, 6) is -0.372. The lowest BCUT2D eigenvalue weighted by Gasteiger charge is -2.37. The summed E-state index contributed by atoms with van der Waals surface area (Å²) >= 11 is 0. The van der Waals surface area contributed by atoms with Gasteiger partial charge in [0.1, 0.15) is 0 Å². The van der Waals surface area contributed by atoms with Crippen LogP contribution in [0.2, 0.25) is 0 Å². The first kappa shape index (κ1) is 14.4. The molecule has 5 nitrogen and oxygen atoms in total. The van der Waals surface area contributed by atoms with Crippen LogP contribution in [0, 0.1) is 0 Å². The SMILES string of the molecule is NC(=O)c1ccc(N2CCN(C[C@H]3CCCO3)CC2)cc1. The van der Waals surface area contributed by atoms with Gasteiger partial charge in [0.15, 0.2) is 0 Å². The number of benzene rings is 1. The van der Waals surface area contributed by atoms with Crippen molar-refractivity contribution < 1.29 is 9.53 Å². The molecule has 0 aliphatic carbocycles. The quantitative estimate of drug-likeness (QED) is 0.901. The molecule has 114 valence electrons. The van der Waals surface area contributed by atoms with Crippen LogP contribution in [0.1, 0.15) is 23.2 Å². The molecule has 2 N–H and O–H groups in total. The number of hydrogen-bond acceptors (Lipinski definition) is 4. The van der Waals surface area contributed by atoms with Gasteiger partial charge in [0, 0.05) is 50.6 Å². The summed E-state index contributed by atoms with van der Waals surface area (Å²) in [6, 6.07) is 7.57. The number of hydrogen-bond donors (Lipinski definition) is 1. The number of carbonyl (C=O) groups is 1. The van der Waals surface area contributed by atoms with Crippen molar-refractivity contribution >= 4 is 11.6 Å². The van der Waals surface area contributed by atoms with E-state index in [1.54, 1.807) is 12.1 Å². The number of amides is 1. The van der Waals surface area contributed by atoms with Crippen molar-refractivity contribution in [3.8, 4) is 0 Å². The van der Waals surface area contributed by atoms with E-state index in [0.29, 0.717) is 11.7 Å². The van der Waals surface area contributed by atoms with Crippen molar-refractivity contribution in [3.63, 3.8) is 0 Å². The molecular formula is C16H23N3O2. The average molecular weight is 289 g/mol. The molecule has 0 radical (unpaired) electrons. The second kappa shape index (κ2) is 6.45. The Labute approximate surface area is 125 Å². The lowest BCUT2D eigenvalue weighted by molar-refractivity contribution is 0.0713. The Balaban J connectivity index is 1.51. The minimum Gasteiger partial charge on any atom is -0.377 e. The van der Waals surface area contributed by atoms with E-state index < -0.39 is 0 Å². The van der Waals surface area contributed by atoms with Crippen LogP contribution in [0.3, 0.4) is 0 Å². The maximum atomic E-state index is 11.1. The molecular weight excluding hydrogens is 266 g/mol. The monoisotopic (exact) mass is 289 g/mol. The summed E-state index contributed by atoms with van der Waals surface area (Å²) in [6.07, 6.45) is 2.84. The van der Waals surface area contributed by atoms with Gasteiger partial charge in [-0.25, -0.2) is 0 Å². The van der Waals surface area contributed by atoms with E-state index in [0.717, 1.165) is 45.0 Å². The van der Waals surface area contributed by atoms with Crippen LogP contribution in [-0.4, -0.2) is 56.2 Å². The molecule has 0 bridgehead atoms. The molecule has 21 heavy (non-hydrogen) atoms. The minimum absolute atomic E-state index is 0.372. The highest BCUT2D eigenvalue weighted by atomic mass is 16.5. The normalized spacial score (nSPS) is 23.4. The molecule has 2 saturated heterocycles. The Bertz CT molecular complexity index is 475. The maximum Gasteiger partial charge on any atom is 0.248 e. The van der Waals surface area contributed by atoms with Gasteiger partial charge < -0.3 is 15.4 Å². The molecule has 0 saturated carbocycles. The van der Waals surface area contributed by atoms with Gasteiger partial charge in [0.05, 0.1) is 6.10 Å². The van der Waals surface area contributed by atoms with Gasteiger partial charge in [-0.05, 0) is 37.1 Å². The Morgan fingerprint density at radius 3 is 2.48 bits per heavy atom. The van der Waals surface area contributed by atoms with Crippen molar-refractivity contribution in [2.24, 2.45) is 5.73 Å². The summed E-state index contributed by atoms with van der Waals surface area (Å²) in [5.41, 5.74) is 7.00. The van der Waals surface area contributed by atoms with Crippen LogP contribution in [0.25, 0.3) is 0 Å². The predicted octanol–water partition coefficient (Wildman–Crippen LogP) is 1.09. The predicted molar refractivity (Wildman–Crippen MR) is 82.6 cm³/mol. The Morgan fingerprint density at radius 1 is 1.19 bits per heavy atom. The van der Waals surface area contributed by atoms with Crippen LogP contribution in [0.15, 0.2) is 24.3 Å². The van der Waals surface area contributed by atoms with E-state index in [9.17, 15) is 4.79 Å². The largest absolute Gasteiger partial charge is 0.377 e. The van der Waals surface area contributed by atoms with Gasteiger partial charge >= 0.3 is 0 Å². The third kappa shape index (κ3) is 3.54. The number of nitrogens with two attached hydrogens (primary N) is 1. The van der Waals surface area contributed by atoms with Crippen LogP contribution >= 0.6 is 0 Å². The van der Waals surface area contributed by atoms with Crippen molar-refractivity contribution in [2.45, 2.75) is 18.9 Å². The minimum atomic E-state index is -0.372. The molecule has 2 fully saturated rings. The molecule has 1 aromatic carbocycles. The smallest absolute Gasteiger partial charge is 0.248 e. The lowest BCUT2D eigenvalue weighted by Crippen LogP contribution is -2.48. The molecule has 2 aliphatic heterocycles. The second-order valence-corrected chi connectivity index (χ2v) is 5.83. The summed E-state index contributed by atoms with van der Waals surface area (Å²) in [7, 11) is 0. The van der Waals surface area contributed by atoms with Crippen LogP contribution in [0.5, 0.6) is 0 Å². The van der Waals surface area contributed by atoms with Crippen molar-refractivity contribution in [3.05, 3.63) is 29.8 Å². The molecule has 0 aromatic heterocycles. The fourth-order valence-electron chi connectivity index (χ4n) is 3.10. The van der Waals surface area contributed by atoms with Gasteiger partial charge in [-0.1, -0.05) is 0 Å². The first-order chi connectivity index (χ1) is 10.2. The first-order valence-electron chi connectivity index (χ1n) is 7.71. The highest BCUT2D eigenvalue weighted by Crippen LogP contribution is 2.19. The number of nitrogens with zero attached hydrogens (tertiary/aromatic N) is 2. The molecule has 0 unspecified atom stereocenters. The zero-order valence-corrected chi connectivity index (χ0v) is 12.3. The van der Waals surface area contributed by atoms with Crippen LogP contribution in [-0.2, 0) is 4.74 Å². The van der Waals surface area contributed by atoms with E-state index >= 15 is 0 Å².